The summed E-state index contributed by atoms with van der Waals surface area (Å²) >= 11 is 0. The highest BCUT2D eigenvalue weighted by Crippen LogP contribution is 2.49. The molecule has 0 aliphatic heterocycles. The van der Waals surface area contributed by atoms with Crippen molar-refractivity contribution in [1.82, 2.24) is 0 Å². The van der Waals surface area contributed by atoms with Crippen molar-refractivity contribution in [2.75, 3.05) is 7.11 Å². The van der Waals surface area contributed by atoms with Gasteiger partial charge in [-0.1, -0.05) is 36.4 Å². The Morgan fingerprint density at radius 3 is 2.50 bits per heavy atom. The summed E-state index contributed by atoms with van der Waals surface area (Å²) in [5.41, 5.74) is 0.969. The average Bonchev–Trinajstić information content (AvgIpc) is 3.36. The minimum Gasteiger partial charge on any atom is -0.486 e. The Bertz CT molecular complexity index is 678. The molecule has 0 heterocycles. The molecule has 0 amide bonds. The summed E-state index contributed by atoms with van der Waals surface area (Å²) in [6, 6.07) is 14.3. The van der Waals surface area contributed by atoms with Gasteiger partial charge in [-0.2, -0.15) is 0 Å². The van der Waals surface area contributed by atoms with Crippen LogP contribution < -0.4 is 4.74 Å². The maximum absolute atomic E-state index is 14.2. The van der Waals surface area contributed by atoms with Crippen LogP contribution in [0, 0.1) is 5.82 Å². The van der Waals surface area contributed by atoms with Crippen LogP contribution in [-0.2, 0) is 21.6 Å². The third kappa shape index (κ3) is 2.69. The van der Waals surface area contributed by atoms with Crippen molar-refractivity contribution < 1.29 is 18.7 Å². The standard InChI is InChI=1S/C18H17FO3/c1-21-17(20)18(9-10-18)14-7-8-16(15(19)11-14)22-12-13-5-3-2-4-6-13/h2-8,11H,9-10,12H2,1H3. The van der Waals surface area contributed by atoms with Crippen molar-refractivity contribution in [3.05, 3.63) is 65.5 Å². The van der Waals surface area contributed by atoms with Gasteiger partial charge in [-0.3, -0.25) is 4.79 Å². The maximum atomic E-state index is 14.2. The fourth-order valence-electron chi connectivity index (χ4n) is 2.58. The molecule has 0 N–H and O–H groups in total. The van der Waals surface area contributed by atoms with Gasteiger partial charge in [0, 0.05) is 0 Å². The summed E-state index contributed by atoms with van der Waals surface area (Å²) < 4.78 is 24.5. The molecule has 1 saturated carbocycles. The molecule has 1 aliphatic carbocycles. The Balaban J connectivity index is 1.74. The van der Waals surface area contributed by atoms with Gasteiger partial charge >= 0.3 is 5.97 Å². The molecule has 2 aromatic rings. The number of halogens is 1. The van der Waals surface area contributed by atoms with E-state index >= 15 is 0 Å². The van der Waals surface area contributed by atoms with E-state index in [9.17, 15) is 9.18 Å². The lowest BCUT2D eigenvalue weighted by atomic mass is 9.96. The fraction of sp³-hybridized carbons (Fsp3) is 0.278. The third-order valence-corrected chi connectivity index (χ3v) is 4.05. The highest BCUT2D eigenvalue weighted by atomic mass is 19.1. The van der Waals surface area contributed by atoms with Gasteiger partial charge in [-0.25, -0.2) is 4.39 Å². The molecule has 1 fully saturated rings. The zero-order valence-electron chi connectivity index (χ0n) is 12.3. The smallest absolute Gasteiger partial charge is 0.316 e. The molecule has 0 bridgehead atoms. The molecule has 0 spiro atoms. The first-order valence-corrected chi connectivity index (χ1v) is 7.21. The minimum absolute atomic E-state index is 0.188. The number of carbonyl (C=O) groups excluding carboxylic acids is 1. The molecule has 4 heteroatoms. The number of methoxy groups -OCH3 is 1. The van der Waals surface area contributed by atoms with Gasteiger partial charge in [0.1, 0.15) is 6.61 Å². The van der Waals surface area contributed by atoms with Gasteiger partial charge < -0.3 is 9.47 Å². The Morgan fingerprint density at radius 1 is 1.18 bits per heavy atom. The summed E-state index contributed by atoms with van der Waals surface area (Å²) in [4.78, 5) is 11.8. The van der Waals surface area contributed by atoms with E-state index < -0.39 is 11.2 Å². The van der Waals surface area contributed by atoms with Crippen LogP contribution in [0.3, 0.4) is 0 Å². The molecule has 0 radical (unpaired) electrons. The Kier molecular flexibility index (Phi) is 3.84. The van der Waals surface area contributed by atoms with E-state index in [-0.39, 0.29) is 11.7 Å². The van der Waals surface area contributed by atoms with Crippen molar-refractivity contribution in [3.8, 4) is 5.75 Å². The van der Waals surface area contributed by atoms with E-state index in [4.69, 9.17) is 9.47 Å². The lowest BCUT2D eigenvalue weighted by Gasteiger charge is -2.14. The Labute approximate surface area is 128 Å². The summed E-state index contributed by atoms with van der Waals surface area (Å²) in [5, 5.41) is 0. The number of rotatable bonds is 5. The summed E-state index contributed by atoms with van der Waals surface area (Å²) in [5.74, 6) is -0.568. The SMILES string of the molecule is COC(=O)C1(c2ccc(OCc3ccccc3)c(F)c2)CC1. The highest BCUT2D eigenvalue weighted by molar-refractivity contribution is 5.86. The highest BCUT2D eigenvalue weighted by Gasteiger charge is 2.52. The lowest BCUT2D eigenvalue weighted by Crippen LogP contribution is -2.22. The van der Waals surface area contributed by atoms with Crippen LogP contribution in [0.2, 0.25) is 0 Å². The second kappa shape index (κ2) is 5.79. The van der Waals surface area contributed by atoms with Crippen LogP contribution in [0.4, 0.5) is 4.39 Å². The van der Waals surface area contributed by atoms with Crippen molar-refractivity contribution >= 4 is 5.97 Å². The molecule has 22 heavy (non-hydrogen) atoms. The molecular weight excluding hydrogens is 283 g/mol. The molecule has 3 nitrogen and oxygen atoms in total. The molecule has 2 aromatic carbocycles. The van der Waals surface area contributed by atoms with E-state index in [1.54, 1.807) is 12.1 Å². The first-order valence-electron chi connectivity index (χ1n) is 7.21. The summed E-state index contributed by atoms with van der Waals surface area (Å²) in [6.07, 6.45) is 1.40. The number of hydrogen-bond donors (Lipinski definition) is 0. The van der Waals surface area contributed by atoms with Crippen molar-refractivity contribution in [2.45, 2.75) is 24.9 Å². The Morgan fingerprint density at radius 2 is 1.91 bits per heavy atom. The van der Waals surface area contributed by atoms with E-state index in [1.807, 2.05) is 30.3 Å². The maximum Gasteiger partial charge on any atom is 0.316 e. The molecule has 3 rings (SSSR count). The zero-order chi connectivity index (χ0) is 15.6. The van der Waals surface area contributed by atoms with Crippen LogP contribution in [0.15, 0.2) is 48.5 Å². The largest absolute Gasteiger partial charge is 0.486 e. The van der Waals surface area contributed by atoms with Crippen LogP contribution in [0.5, 0.6) is 5.75 Å². The summed E-state index contributed by atoms with van der Waals surface area (Å²) in [6.45, 7) is 0.305. The monoisotopic (exact) mass is 300 g/mol. The topological polar surface area (TPSA) is 35.5 Å². The average molecular weight is 300 g/mol. The van der Waals surface area contributed by atoms with Crippen LogP contribution >= 0.6 is 0 Å². The van der Waals surface area contributed by atoms with Crippen LogP contribution in [0.1, 0.15) is 24.0 Å². The van der Waals surface area contributed by atoms with Gasteiger partial charge in [0.15, 0.2) is 11.6 Å². The summed E-state index contributed by atoms with van der Waals surface area (Å²) in [7, 11) is 1.36. The predicted octanol–water partition coefficient (Wildman–Crippen LogP) is 3.61. The Hall–Kier alpha value is -2.36. The predicted molar refractivity (Wildman–Crippen MR) is 80.1 cm³/mol. The van der Waals surface area contributed by atoms with E-state index in [0.717, 1.165) is 5.56 Å². The van der Waals surface area contributed by atoms with E-state index in [1.165, 1.54) is 13.2 Å². The van der Waals surface area contributed by atoms with Gasteiger partial charge in [-0.05, 0) is 36.1 Å². The first kappa shape index (κ1) is 14.6. The van der Waals surface area contributed by atoms with Crippen molar-refractivity contribution in [3.63, 3.8) is 0 Å². The number of carbonyl (C=O) groups is 1. The van der Waals surface area contributed by atoms with Gasteiger partial charge in [0.2, 0.25) is 0 Å². The molecule has 0 aromatic heterocycles. The van der Waals surface area contributed by atoms with Gasteiger partial charge in [0.05, 0.1) is 12.5 Å². The first-order chi connectivity index (χ1) is 10.7. The lowest BCUT2D eigenvalue weighted by molar-refractivity contribution is -0.143. The van der Waals surface area contributed by atoms with E-state index in [2.05, 4.69) is 0 Å². The number of ether oxygens (including phenoxy) is 2. The van der Waals surface area contributed by atoms with Crippen LogP contribution in [-0.4, -0.2) is 13.1 Å². The fourth-order valence-corrected chi connectivity index (χ4v) is 2.58. The number of hydrogen-bond acceptors (Lipinski definition) is 3. The quantitative estimate of drug-likeness (QED) is 0.791. The zero-order valence-corrected chi connectivity index (χ0v) is 12.3. The van der Waals surface area contributed by atoms with Gasteiger partial charge in [0.25, 0.3) is 0 Å². The van der Waals surface area contributed by atoms with Crippen LogP contribution in [0.25, 0.3) is 0 Å². The number of esters is 1. The molecule has 0 unspecified atom stereocenters. The normalized spacial score (nSPS) is 15.2. The second-order valence-corrected chi connectivity index (χ2v) is 5.49. The molecule has 0 atom stereocenters. The molecular formula is C18H17FO3. The molecule has 1 aliphatic rings. The van der Waals surface area contributed by atoms with Gasteiger partial charge in [-0.15, -0.1) is 0 Å². The minimum atomic E-state index is -0.659. The van der Waals surface area contributed by atoms with Crippen molar-refractivity contribution in [2.24, 2.45) is 0 Å². The van der Waals surface area contributed by atoms with Crippen molar-refractivity contribution in [1.29, 1.82) is 0 Å². The molecule has 114 valence electrons. The third-order valence-electron chi connectivity index (χ3n) is 4.05. The number of benzene rings is 2. The molecule has 0 saturated heterocycles. The second-order valence-electron chi connectivity index (χ2n) is 5.49. The van der Waals surface area contributed by atoms with E-state index in [0.29, 0.717) is 25.0 Å².